The first kappa shape index (κ1) is 13.0. The molecular weight excluding hydrogens is 248 g/mol. The molecule has 3 N–H and O–H groups in total. The lowest BCUT2D eigenvalue weighted by Crippen LogP contribution is -2.22. The molecule has 1 atom stereocenters. The first-order valence-corrected chi connectivity index (χ1v) is 6.62. The minimum atomic E-state index is -0.740. The van der Waals surface area contributed by atoms with Gasteiger partial charge in [0.1, 0.15) is 5.01 Å². The van der Waals surface area contributed by atoms with Gasteiger partial charge in [-0.15, -0.1) is 11.3 Å². The fourth-order valence-corrected chi connectivity index (χ4v) is 2.34. The van der Waals surface area contributed by atoms with Crippen LogP contribution in [0, 0.1) is 6.92 Å². The Labute approximate surface area is 110 Å². The number of hydrogen-bond acceptors (Lipinski definition) is 5. The molecule has 1 unspecified atom stereocenters. The molecule has 0 aliphatic rings. The van der Waals surface area contributed by atoms with Gasteiger partial charge in [-0.3, -0.25) is 0 Å². The van der Waals surface area contributed by atoms with Crippen molar-refractivity contribution in [1.29, 1.82) is 0 Å². The fraction of sp³-hybridized carbons (Fsp3) is 0.308. The third-order valence-corrected chi connectivity index (χ3v) is 3.49. The Morgan fingerprint density at radius 3 is 2.94 bits per heavy atom. The van der Waals surface area contributed by atoms with E-state index in [2.05, 4.69) is 10.3 Å². The summed E-state index contributed by atoms with van der Waals surface area (Å²) in [6, 6.07) is 7.86. The lowest BCUT2D eigenvalue weighted by molar-refractivity contribution is 0.105. The zero-order chi connectivity index (χ0) is 13.0. The van der Waals surface area contributed by atoms with Gasteiger partial charge in [-0.1, -0.05) is 12.1 Å². The van der Waals surface area contributed by atoms with Gasteiger partial charge in [0.05, 0.1) is 12.7 Å². The summed E-state index contributed by atoms with van der Waals surface area (Å²) < 4.78 is 0. The second-order valence-corrected chi connectivity index (χ2v) is 4.95. The highest BCUT2D eigenvalue weighted by Gasteiger charge is 2.05. The van der Waals surface area contributed by atoms with E-state index in [1.807, 2.05) is 36.6 Å². The minimum Gasteiger partial charge on any atom is -0.394 e. The van der Waals surface area contributed by atoms with Crippen molar-refractivity contribution in [3.63, 3.8) is 0 Å². The molecule has 1 aromatic heterocycles. The van der Waals surface area contributed by atoms with Crippen LogP contribution >= 0.6 is 11.3 Å². The quantitative estimate of drug-likeness (QED) is 0.771. The first-order valence-electron chi connectivity index (χ1n) is 5.74. The zero-order valence-corrected chi connectivity index (χ0v) is 10.9. The van der Waals surface area contributed by atoms with E-state index < -0.39 is 6.10 Å². The number of aliphatic hydroxyl groups excluding tert-OH is 2. The van der Waals surface area contributed by atoms with Crippen LogP contribution in [0.3, 0.4) is 0 Å². The number of rotatable bonds is 5. The van der Waals surface area contributed by atoms with Crippen LogP contribution in [0.25, 0.3) is 10.6 Å². The van der Waals surface area contributed by atoms with Crippen LogP contribution in [0.15, 0.2) is 29.6 Å². The largest absolute Gasteiger partial charge is 0.394 e. The molecule has 0 amide bonds. The van der Waals surface area contributed by atoms with Crippen LogP contribution in [0.5, 0.6) is 0 Å². The molecule has 2 rings (SSSR count). The topological polar surface area (TPSA) is 65.4 Å². The van der Waals surface area contributed by atoms with E-state index in [1.54, 1.807) is 11.3 Å². The summed E-state index contributed by atoms with van der Waals surface area (Å²) in [7, 11) is 0. The van der Waals surface area contributed by atoms with Crippen molar-refractivity contribution in [2.75, 3.05) is 18.5 Å². The molecule has 0 saturated carbocycles. The number of nitrogens with one attached hydrogen (secondary N) is 1. The summed E-state index contributed by atoms with van der Waals surface area (Å²) in [6.07, 6.45) is -0.740. The monoisotopic (exact) mass is 264 g/mol. The van der Waals surface area contributed by atoms with Crippen molar-refractivity contribution in [3.8, 4) is 10.6 Å². The Hall–Kier alpha value is -1.43. The smallest absolute Gasteiger partial charge is 0.123 e. The van der Waals surface area contributed by atoms with E-state index in [1.165, 1.54) is 0 Å². The van der Waals surface area contributed by atoms with E-state index in [-0.39, 0.29) is 6.61 Å². The second-order valence-electron chi connectivity index (χ2n) is 4.09. The minimum absolute atomic E-state index is 0.238. The number of benzene rings is 1. The van der Waals surface area contributed by atoms with Crippen LogP contribution < -0.4 is 5.32 Å². The van der Waals surface area contributed by atoms with Gasteiger partial charge in [0.15, 0.2) is 0 Å². The van der Waals surface area contributed by atoms with Gasteiger partial charge in [0.2, 0.25) is 0 Å². The molecular formula is C13H16N2O2S. The molecule has 0 fully saturated rings. The van der Waals surface area contributed by atoms with Crippen molar-refractivity contribution in [2.24, 2.45) is 0 Å². The molecule has 0 aliphatic heterocycles. The molecule has 96 valence electrons. The molecule has 0 aliphatic carbocycles. The predicted molar refractivity (Wildman–Crippen MR) is 73.9 cm³/mol. The summed E-state index contributed by atoms with van der Waals surface area (Å²) in [5, 5.41) is 24.1. The molecule has 1 heterocycles. The lowest BCUT2D eigenvalue weighted by atomic mass is 10.2. The molecule has 5 heteroatoms. The number of thiazole rings is 1. The number of aliphatic hydroxyl groups is 2. The number of aromatic nitrogens is 1. The Kier molecular flexibility index (Phi) is 4.30. The molecule has 1 aromatic carbocycles. The molecule has 0 radical (unpaired) electrons. The number of aryl methyl sites for hydroxylation is 1. The lowest BCUT2D eigenvalue weighted by Gasteiger charge is -2.10. The third kappa shape index (κ3) is 3.29. The average molecular weight is 264 g/mol. The summed E-state index contributed by atoms with van der Waals surface area (Å²) in [5.41, 5.74) is 2.98. The van der Waals surface area contributed by atoms with E-state index >= 15 is 0 Å². The van der Waals surface area contributed by atoms with Crippen molar-refractivity contribution >= 4 is 17.0 Å². The van der Waals surface area contributed by atoms with Crippen LogP contribution in [0.2, 0.25) is 0 Å². The van der Waals surface area contributed by atoms with Gasteiger partial charge in [-0.25, -0.2) is 4.98 Å². The van der Waals surface area contributed by atoms with Crippen LogP contribution in [0.4, 0.5) is 5.69 Å². The van der Waals surface area contributed by atoms with Crippen LogP contribution in [-0.2, 0) is 0 Å². The fourth-order valence-electron chi connectivity index (χ4n) is 1.55. The zero-order valence-electron chi connectivity index (χ0n) is 10.1. The van der Waals surface area contributed by atoms with Crippen LogP contribution in [-0.4, -0.2) is 34.5 Å². The van der Waals surface area contributed by atoms with E-state index in [0.717, 1.165) is 22.0 Å². The van der Waals surface area contributed by atoms with Crippen molar-refractivity contribution in [3.05, 3.63) is 35.3 Å². The summed E-state index contributed by atoms with van der Waals surface area (Å²) in [5.74, 6) is 0. The van der Waals surface area contributed by atoms with Gasteiger partial charge >= 0.3 is 0 Å². The van der Waals surface area contributed by atoms with Crippen molar-refractivity contribution in [1.82, 2.24) is 4.98 Å². The molecule has 2 aromatic rings. The number of nitrogens with zero attached hydrogens (tertiary/aromatic N) is 1. The molecule has 0 bridgehead atoms. The Bertz CT molecular complexity index is 513. The van der Waals surface area contributed by atoms with E-state index in [0.29, 0.717) is 6.54 Å². The molecule has 4 nitrogen and oxygen atoms in total. The van der Waals surface area contributed by atoms with Crippen LogP contribution in [0.1, 0.15) is 5.69 Å². The van der Waals surface area contributed by atoms with E-state index in [4.69, 9.17) is 5.11 Å². The predicted octanol–water partition coefficient (Wildman–Crippen LogP) is 1.88. The highest BCUT2D eigenvalue weighted by atomic mass is 32.1. The molecule has 0 saturated heterocycles. The van der Waals surface area contributed by atoms with Gasteiger partial charge in [0.25, 0.3) is 0 Å². The van der Waals surface area contributed by atoms with E-state index in [9.17, 15) is 5.11 Å². The Balaban J connectivity index is 2.10. The average Bonchev–Trinajstić information content (AvgIpc) is 2.83. The standard InChI is InChI=1S/C13H16N2O2S/c1-9-8-18-13(15-9)10-3-2-4-11(5-10)14-6-12(17)7-16/h2-5,8,12,14,16-17H,6-7H2,1H3. The number of anilines is 1. The Morgan fingerprint density at radius 1 is 1.44 bits per heavy atom. The maximum Gasteiger partial charge on any atom is 0.123 e. The normalized spacial score (nSPS) is 12.4. The summed E-state index contributed by atoms with van der Waals surface area (Å²) >= 11 is 1.61. The van der Waals surface area contributed by atoms with Crippen molar-refractivity contribution < 1.29 is 10.2 Å². The van der Waals surface area contributed by atoms with Gasteiger partial charge in [-0.2, -0.15) is 0 Å². The van der Waals surface area contributed by atoms with Gasteiger partial charge in [-0.05, 0) is 19.1 Å². The van der Waals surface area contributed by atoms with Crippen molar-refractivity contribution in [2.45, 2.75) is 13.0 Å². The van der Waals surface area contributed by atoms with Gasteiger partial charge in [0, 0.05) is 28.9 Å². The number of hydrogen-bond donors (Lipinski definition) is 3. The molecule has 18 heavy (non-hydrogen) atoms. The Morgan fingerprint density at radius 2 is 2.28 bits per heavy atom. The third-order valence-electron chi connectivity index (χ3n) is 2.48. The summed E-state index contributed by atoms with van der Waals surface area (Å²) in [6.45, 7) is 2.06. The SMILES string of the molecule is Cc1csc(-c2cccc(NCC(O)CO)c2)n1. The maximum absolute atomic E-state index is 9.29. The molecule has 0 spiro atoms. The maximum atomic E-state index is 9.29. The van der Waals surface area contributed by atoms with Gasteiger partial charge < -0.3 is 15.5 Å². The highest BCUT2D eigenvalue weighted by molar-refractivity contribution is 7.13. The summed E-state index contributed by atoms with van der Waals surface area (Å²) in [4.78, 5) is 4.43. The first-order chi connectivity index (χ1) is 8.69. The highest BCUT2D eigenvalue weighted by Crippen LogP contribution is 2.25. The second kappa shape index (κ2) is 5.95.